The Labute approximate surface area is 260 Å². The first-order chi connectivity index (χ1) is 21.5. The normalized spacial score (nSPS) is 11.2. The number of nitrogens with zero attached hydrogens (tertiary/aromatic N) is 2. The van der Waals surface area contributed by atoms with Gasteiger partial charge in [-0.2, -0.15) is 0 Å². The number of benzene rings is 7. The third-order valence-corrected chi connectivity index (χ3v) is 8.80. The molecule has 7 rings (SSSR count). The fourth-order valence-electron chi connectivity index (χ4n) is 6.28. The molecule has 0 spiro atoms. The second-order valence-electron chi connectivity index (χ2n) is 11.7. The average molecular weight is 569 g/mol. The van der Waals surface area contributed by atoms with Gasteiger partial charge in [0, 0.05) is 34.1 Å². The van der Waals surface area contributed by atoms with Crippen LogP contribution in [0.3, 0.4) is 0 Å². The van der Waals surface area contributed by atoms with E-state index in [0.29, 0.717) is 0 Å². The molecule has 214 valence electrons. The molecule has 7 aromatic carbocycles. The molecule has 0 bridgehead atoms. The van der Waals surface area contributed by atoms with Gasteiger partial charge in [-0.15, -0.1) is 0 Å². The first kappa shape index (κ1) is 27.5. The Balaban J connectivity index is 1.47. The van der Waals surface area contributed by atoms with E-state index >= 15 is 0 Å². The Kier molecular flexibility index (Phi) is 7.12. The van der Waals surface area contributed by atoms with Crippen molar-refractivity contribution in [3.05, 3.63) is 168 Å². The fraction of sp³-hybridized carbons (Fsp3) is 0.0952. The lowest BCUT2D eigenvalue weighted by Crippen LogP contribution is -2.10. The zero-order valence-electron chi connectivity index (χ0n) is 25.8. The van der Waals surface area contributed by atoms with Gasteiger partial charge >= 0.3 is 0 Å². The van der Waals surface area contributed by atoms with Gasteiger partial charge in [-0.05, 0) is 133 Å². The Morgan fingerprint density at radius 3 is 0.977 bits per heavy atom. The highest BCUT2D eigenvalue weighted by atomic mass is 15.1. The molecule has 0 saturated heterocycles. The van der Waals surface area contributed by atoms with Crippen molar-refractivity contribution < 1.29 is 0 Å². The van der Waals surface area contributed by atoms with Crippen LogP contribution in [0.2, 0.25) is 0 Å². The van der Waals surface area contributed by atoms with Crippen LogP contribution in [0, 0.1) is 27.7 Å². The van der Waals surface area contributed by atoms with Crippen LogP contribution >= 0.6 is 0 Å². The van der Waals surface area contributed by atoms with E-state index in [1.807, 2.05) is 0 Å². The summed E-state index contributed by atoms with van der Waals surface area (Å²) in [5.41, 5.74) is 12.0. The second-order valence-corrected chi connectivity index (χ2v) is 11.7. The van der Waals surface area contributed by atoms with Crippen LogP contribution in [0.1, 0.15) is 22.3 Å². The number of rotatable bonds is 6. The van der Waals surface area contributed by atoms with Crippen LogP contribution in [0.5, 0.6) is 0 Å². The van der Waals surface area contributed by atoms with Crippen LogP contribution in [-0.2, 0) is 0 Å². The first-order valence-corrected chi connectivity index (χ1v) is 15.3. The summed E-state index contributed by atoms with van der Waals surface area (Å²) in [6, 6.07) is 52.8. The maximum Gasteiger partial charge on any atom is 0.0468 e. The number of para-hydroxylation sites is 2. The molecule has 0 radical (unpaired) electrons. The highest BCUT2D eigenvalue weighted by Crippen LogP contribution is 2.42. The maximum atomic E-state index is 2.37. The van der Waals surface area contributed by atoms with Crippen LogP contribution in [0.4, 0.5) is 34.1 Å². The molecular weight excluding hydrogens is 532 g/mol. The second kappa shape index (κ2) is 11.4. The van der Waals surface area contributed by atoms with Gasteiger partial charge in [0.05, 0.1) is 0 Å². The van der Waals surface area contributed by atoms with Crippen molar-refractivity contribution in [2.75, 3.05) is 9.80 Å². The van der Waals surface area contributed by atoms with E-state index in [0.717, 1.165) is 34.1 Å². The summed E-state index contributed by atoms with van der Waals surface area (Å²) in [5.74, 6) is 0. The minimum Gasteiger partial charge on any atom is -0.310 e. The minimum atomic E-state index is 1.14. The van der Waals surface area contributed by atoms with E-state index in [1.165, 1.54) is 43.8 Å². The van der Waals surface area contributed by atoms with Gasteiger partial charge in [-0.1, -0.05) is 83.9 Å². The number of hydrogen-bond acceptors (Lipinski definition) is 2. The minimum absolute atomic E-state index is 1.14. The van der Waals surface area contributed by atoms with Crippen molar-refractivity contribution >= 4 is 55.7 Å². The summed E-state index contributed by atoms with van der Waals surface area (Å²) in [4.78, 5) is 4.71. The Hall–Kier alpha value is -5.34. The van der Waals surface area contributed by atoms with Gasteiger partial charge in [0.1, 0.15) is 0 Å². The SMILES string of the molecule is Cc1ccc(N(c2ccccc2)c2ccc3c(C)c(C)c4ccc(N(c5ccccc5)c5ccc(C)cc5)cc4c3c2)cc1. The van der Waals surface area contributed by atoms with E-state index in [9.17, 15) is 0 Å². The topological polar surface area (TPSA) is 6.48 Å². The summed E-state index contributed by atoms with van der Waals surface area (Å²) in [6.45, 7) is 8.78. The lowest BCUT2D eigenvalue weighted by molar-refractivity contribution is 1.28. The van der Waals surface area contributed by atoms with Crippen LogP contribution in [0.15, 0.2) is 146 Å². The molecule has 0 aliphatic heterocycles. The van der Waals surface area contributed by atoms with Gasteiger partial charge in [-0.3, -0.25) is 0 Å². The van der Waals surface area contributed by atoms with Crippen molar-refractivity contribution in [1.29, 1.82) is 0 Å². The first-order valence-electron chi connectivity index (χ1n) is 15.3. The zero-order chi connectivity index (χ0) is 30.2. The molecule has 0 heterocycles. The number of anilines is 6. The zero-order valence-corrected chi connectivity index (χ0v) is 25.8. The van der Waals surface area contributed by atoms with Crippen molar-refractivity contribution in [2.24, 2.45) is 0 Å². The Morgan fingerprint density at radius 2 is 0.614 bits per heavy atom. The molecule has 0 unspecified atom stereocenters. The largest absolute Gasteiger partial charge is 0.310 e. The van der Waals surface area contributed by atoms with Crippen molar-refractivity contribution in [2.45, 2.75) is 27.7 Å². The van der Waals surface area contributed by atoms with E-state index in [2.05, 4.69) is 183 Å². The molecular formula is C42H36N2. The van der Waals surface area contributed by atoms with Gasteiger partial charge in [0.25, 0.3) is 0 Å². The van der Waals surface area contributed by atoms with Gasteiger partial charge < -0.3 is 9.80 Å². The standard InChI is InChI=1S/C42H36N2/c1-29-15-19-35(20-16-29)43(33-11-7-5-8-12-33)37-23-25-39-31(3)32(4)40-26-24-38(28-42(40)41(39)27-37)44(34-13-9-6-10-14-34)36-21-17-30(2)18-22-36/h5-28H,1-4H3. The summed E-state index contributed by atoms with van der Waals surface area (Å²) in [5, 5.41) is 5.09. The summed E-state index contributed by atoms with van der Waals surface area (Å²) >= 11 is 0. The lowest BCUT2D eigenvalue weighted by Gasteiger charge is -2.27. The predicted octanol–water partition coefficient (Wildman–Crippen LogP) is 12.2. The highest BCUT2D eigenvalue weighted by Gasteiger charge is 2.18. The molecule has 0 aliphatic rings. The summed E-state index contributed by atoms with van der Waals surface area (Å²) in [6.07, 6.45) is 0. The van der Waals surface area contributed by atoms with E-state index in [4.69, 9.17) is 0 Å². The number of aryl methyl sites for hydroxylation is 4. The fourth-order valence-corrected chi connectivity index (χ4v) is 6.28. The quantitative estimate of drug-likeness (QED) is 0.184. The van der Waals surface area contributed by atoms with E-state index in [1.54, 1.807) is 0 Å². The number of hydrogen-bond donors (Lipinski definition) is 0. The summed E-state index contributed by atoms with van der Waals surface area (Å²) in [7, 11) is 0. The van der Waals surface area contributed by atoms with Crippen LogP contribution in [0.25, 0.3) is 21.5 Å². The lowest BCUT2D eigenvalue weighted by atomic mass is 9.92. The summed E-state index contributed by atoms with van der Waals surface area (Å²) < 4.78 is 0. The van der Waals surface area contributed by atoms with Gasteiger partial charge in [0.2, 0.25) is 0 Å². The van der Waals surface area contributed by atoms with E-state index < -0.39 is 0 Å². The average Bonchev–Trinajstić information content (AvgIpc) is 3.06. The molecule has 0 amide bonds. The molecule has 44 heavy (non-hydrogen) atoms. The maximum absolute atomic E-state index is 2.37. The molecule has 0 atom stereocenters. The third kappa shape index (κ3) is 4.99. The monoisotopic (exact) mass is 568 g/mol. The van der Waals surface area contributed by atoms with Gasteiger partial charge in [0.15, 0.2) is 0 Å². The Morgan fingerprint density at radius 1 is 0.295 bits per heavy atom. The highest BCUT2D eigenvalue weighted by molar-refractivity contribution is 6.13. The molecule has 0 saturated carbocycles. The molecule has 0 aliphatic carbocycles. The van der Waals surface area contributed by atoms with Crippen molar-refractivity contribution in [3.8, 4) is 0 Å². The molecule has 0 N–H and O–H groups in total. The molecule has 7 aromatic rings. The Bertz CT molecular complexity index is 1920. The van der Waals surface area contributed by atoms with Crippen molar-refractivity contribution in [3.63, 3.8) is 0 Å². The molecule has 2 nitrogen and oxygen atoms in total. The van der Waals surface area contributed by atoms with Crippen molar-refractivity contribution in [1.82, 2.24) is 0 Å². The third-order valence-electron chi connectivity index (χ3n) is 8.80. The smallest absolute Gasteiger partial charge is 0.0468 e. The van der Waals surface area contributed by atoms with E-state index in [-0.39, 0.29) is 0 Å². The molecule has 2 heteroatoms. The molecule has 0 fully saturated rings. The predicted molar refractivity (Wildman–Crippen MR) is 190 cm³/mol. The van der Waals surface area contributed by atoms with Crippen LogP contribution in [-0.4, -0.2) is 0 Å². The van der Waals surface area contributed by atoms with Gasteiger partial charge in [-0.25, -0.2) is 0 Å². The van der Waals surface area contributed by atoms with Crippen LogP contribution < -0.4 is 9.80 Å². The number of fused-ring (bicyclic) bond motifs is 3. The molecule has 0 aromatic heterocycles.